The van der Waals surface area contributed by atoms with Gasteiger partial charge in [-0.1, -0.05) is 26.5 Å². The van der Waals surface area contributed by atoms with Crippen LogP contribution >= 0.6 is 0 Å². The van der Waals surface area contributed by atoms with Gasteiger partial charge in [-0.25, -0.2) is 9.74 Å². The number of aldehydes is 1. The largest absolute Gasteiger partial charge is 0.395 e. The summed E-state index contributed by atoms with van der Waals surface area (Å²) in [6, 6.07) is 1.17. The molecule has 0 unspecified atom stereocenters. The number of carbonyl (C=O) groups is 2. The molecule has 120 valence electrons. The van der Waals surface area contributed by atoms with Gasteiger partial charge in [-0.3, -0.25) is 9.79 Å². The maximum atomic E-state index is 13.1. The molecule has 0 aliphatic rings. The molecule has 1 aromatic heterocycles. The van der Waals surface area contributed by atoms with Gasteiger partial charge < -0.3 is 4.57 Å². The van der Waals surface area contributed by atoms with Crippen LogP contribution in [-0.2, 0) is 11.5 Å². The molecule has 1 heterocycles. The monoisotopic (exact) mass is 312 g/mol. The highest BCUT2D eigenvalue weighted by Gasteiger charge is 2.16. The van der Waals surface area contributed by atoms with Gasteiger partial charge in [0.2, 0.25) is 5.97 Å². The minimum absolute atomic E-state index is 0.00468. The van der Waals surface area contributed by atoms with Gasteiger partial charge in [0.25, 0.3) is 0 Å². The minimum atomic E-state index is -1.24. The first-order valence-corrected chi connectivity index (χ1v) is 6.49. The number of hydrogen-bond donors (Lipinski definition) is 0. The zero-order valence-electron chi connectivity index (χ0n) is 12.7. The topological polar surface area (TPSA) is 60.7 Å². The molecular formula is C15H18F2N2O3. The summed E-state index contributed by atoms with van der Waals surface area (Å²) in [5, 5.41) is 0. The van der Waals surface area contributed by atoms with E-state index >= 15 is 0 Å². The predicted molar refractivity (Wildman–Crippen MR) is 80.4 cm³/mol. The lowest BCUT2D eigenvalue weighted by atomic mass is 10.2. The van der Waals surface area contributed by atoms with Gasteiger partial charge in [-0.15, -0.1) is 0 Å². The third-order valence-electron chi connectivity index (χ3n) is 2.47. The molecule has 0 saturated heterocycles. The summed E-state index contributed by atoms with van der Waals surface area (Å²) in [5.41, 5.74) is 0.378. The maximum Gasteiger partial charge on any atom is 0.395 e. The lowest BCUT2D eigenvalue weighted by molar-refractivity contribution is -0.0796. The van der Waals surface area contributed by atoms with Crippen LogP contribution in [0.1, 0.15) is 34.7 Å². The van der Waals surface area contributed by atoms with Gasteiger partial charge in [0.15, 0.2) is 6.29 Å². The number of aromatic nitrogens is 1. The molecular weight excluding hydrogens is 294 g/mol. The smallest absolute Gasteiger partial charge is 0.337 e. The molecule has 0 aliphatic carbocycles. The van der Waals surface area contributed by atoms with Gasteiger partial charge in [0, 0.05) is 29.9 Å². The molecule has 1 rings (SSSR count). The number of allylic oxidation sites excluding steroid dienone is 3. The van der Waals surface area contributed by atoms with Crippen molar-refractivity contribution in [3.63, 3.8) is 0 Å². The molecule has 0 aromatic carbocycles. The van der Waals surface area contributed by atoms with E-state index in [0.29, 0.717) is 11.9 Å². The minimum Gasteiger partial charge on any atom is -0.337 e. The van der Waals surface area contributed by atoms with E-state index < -0.39 is 11.9 Å². The van der Waals surface area contributed by atoms with E-state index in [2.05, 4.69) is 16.5 Å². The Morgan fingerprint density at radius 1 is 1.50 bits per heavy atom. The molecule has 0 spiro atoms. The second-order valence-corrected chi connectivity index (χ2v) is 3.74. The molecule has 7 heteroatoms. The molecule has 1 aromatic rings. The quantitative estimate of drug-likeness (QED) is 0.459. The van der Waals surface area contributed by atoms with E-state index in [-0.39, 0.29) is 17.8 Å². The molecule has 0 bridgehead atoms. The van der Waals surface area contributed by atoms with E-state index in [4.69, 9.17) is 0 Å². The first-order chi connectivity index (χ1) is 10.5. The Bertz CT molecular complexity index is 590. The molecule has 0 saturated carbocycles. The van der Waals surface area contributed by atoms with Gasteiger partial charge >= 0.3 is 5.97 Å². The van der Waals surface area contributed by atoms with E-state index in [1.807, 2.05) is 13.8 Å². The summed E-state index contributed by atoms with van der Waals surface area (Å²) >= 11 is 0. The molecule has 0 amide bonds. The standard InChI is InChI=1S/C13H12F2N2O3.C2H6/c1-3-9(5-12(14)16-2)6-17-7-10(8-18)4-11(17)13(19)20-15;1-2/h3-5,7-8H,1,6H2,2H3;1-2H3/b9-5+,16-12?;. The van der Waals surface area contributed by atoms with Crippen LogP contribution in [0.3, 0.4) is 0 Å². The molecule has 0 N–H and O–H groups in total. The Kier molecular flexibility index (Phi) is 9.01. The zero-order valence-corrected chi connectivity index (χ0v) is 12.7. The lowest BCUT2D eigenvalue weighted by Crippen LogP contribution is -2.10. The third kappa shape index (κ3) is 5.43. The van der Waals surface area contributed by atoms with Crippen molar-refractivity contribution in [2.24, 2.45) is 4.99 Å². The van der Waals surface area contributed by atoms with Crippen molar-refractivity contribution in [1.82, 2.24) is 4.57 Å². The van der Waals surface area contributed by atoms with Crippen molar-refractivity contribution in [3.8, 4) is 0 Å². The first kappa shape index (κ1) is 19.4. The first-order valence-electron chi connectivity index (χ1n) is 6.49. The van der Waals surface area contributed by atoms with Gasteiger partial charge in [-0.2, -0.15) is 4.39 Å². The van der Waals surface area contributed by atoms with Crippen molar-refractivity contribution in [1.29, 1.82) is 0 Å². The molecule has 0 aliphatic heterocycles. The molecule has 0 fully saturated rings. The molecule has 5 nitrogen and oxygen atoms in total. The molecule has 22 heavy (non-hydrogen) atoms. The van der Waals surface area contributed by atoms with E-state index in [1.165, 1.54) is 30.0 Å². The predicted octanol–water partition coefficient (Wildman–Crippen LogP) is 3.48. The maximum absolute atomic E-state index is 13.1. The Hall–Kier alpha value is -2.57. The fraction of sp³-hybridized carbons (Fsp3) is 0.267. The highest BCUT2D eigenvalue weighted by Crippen LogP contribution is 2.13. The Morgan fingerprint density at radius 2 is 2.14 bits per heavy atom. The lowest BCUT2D eigenvalue weighted by Gasteiger charge is -2.07. The Balaban J connectivity index is 0.00000211. The van der Waals surface area contributed by atoms with Crippen molar-refractivity contribution < 1.29 is 23.4 Å². The normalized spacial score (nSPS) is 11.3. The number of hydrogen-bond acceptors (Lipinski definition) is 4. The van der Waals surface area contributed by atoms with E-state index in [1.54, 1.807) is 0 Å². The number of nitrogens with zero attached hydrogens (tertiary/aromatic N) is 2. The van der Waals surface area contributed by atoms with Crippen molar-refractivity contribution in [3.05, 3.63) is 47.8 Å². The number of halogens is 2. The summed E-state index contributed by atoms with van der Waals surface area (Å²) in [7, 11) is 1.28. The van der Waals surface area contributed by atoms with Crippen LogP contribution in [0, 0.1) is 0 Å². The van der Waals surface area contributed by atoms with Crippen LogP contribution < -0.4 is 0 Å². The average molecular weight is 312 g/mol. The average Bonchev–Trinajstić information content (AvgIpc) is 2.98. The van der Waals surface area contributed by atoms with E-state index in [0.717, 1.165) is 6.08 Å². The number of rotatable bonds is 6. The van der Waals surface area contributed by atoms with Crippen molar-refractivity contribution in [2.45, 2.75) is 20.4 Å². The summed E-state index contributed by atoms with van der Waals surface area (Å²) < 4.78 is 26.3. The number of aliphatic imine (C=N–C) groups is 1. The fourth-order valence-corrected chi connectivity index (χ4v) is 1.52. The van der Waals surface area contributed by atoms with Crippen LogP contribution in [0.4, 0.5) is 8.92 Å². The molecule has 0 atom stereocenters. The highest BCUT2D eigenvalue weighted by atomic mass is 19.3. The highest BCUT2D eigenvalue weighted by molar-refractivity contribution is 5.90. The van der Waals surface area contributed by atoms with Crippen LogP contribution in [0.15, 0.2) is 41.6 Å². The van der Waals surface area contributed by atoms with Crippen LogP contribution in [0.2, 0.25) is 0 Å². The fourth-order valence-electron chi connectivity index (χ4n) is 1.52. The van der Waals surface area contributed by atoms with Crippen LogP contribution in [-0.4, -0.2) is 29.8 Å². The van der Waals surface area contributed by atoms with Gasteiger partial charge in [-0.05, 0) is 17.7 Å². The van der Waals surface area contributed by atoms with Crippen molar-refractivity contribution in [2.75, 3.05) is 7.05 Å². The Labute approximate surface area is 127 Å². The molecule has 0 radical (unpaired) electrons. The SMILES string of the molecule is C=C/C(=C\C(F)=NC)Cn1cc(C=O)cc1C(=O)OF.CC. The van der Waals surface area contributed by atoms with E-state index in [9.17, 15) is 18.5 Å². The summed E-state index contributed by atoms with van der Waals surface area (Å²) in [4.78, 5) is 28.4. The second-order valence-electron chi connectivity index (χ2n) is 3.74. The van der Waals surface area contributed by atoms with Gasteiger partial charge in [0.1, 0.15) is 5.69 Å². The third-order valence-corrected chi connectivity index (χ3v) is 2.47. The second kappa shape index (κ2) is 10.2. The summed E-state index contributed by atoms with van der Waals surface area (Å²) in [6.07, 6.45) is 4.28. The Morgan fingerprint density at radius 3 is 2.59 bits per heavy atom. The van der Waals surface area contributed by atoms with Gasteiger partial charge in [0.05, 0.1) is 0 Å². The summed E-state index contributed by atoms with van der Waals surface area (Å²) in [5.74, 6) is -1.97. The number of carbonyl (C=O) groups excluding carboxylic acids is 2. The summed E-state index contributed by atoms with van der Waals surface area (Å²) in [6.45, 7) is 7.51. The van der Waals surface area contributed by atoms with Crippen molar-refractivity contribution >= 4 is 18.2 Å². The van der Waals surface area contributed by atoms with Crippen LogP contribution in [0.25, 0.3) is 0 Å². The zero-order chi connectivity index (χ0) is 17.1. The van der Waals surface area contributed by atoms with Crippen LogP contribution in [0.5, 0.6) is 0 Å².